The van der Waals surface area contributed by atoms with Gasteiger partial charge in [0.1, 0.15) is 0 Å². The molecule has 0 heterocycles. The summed E-state index contributed by atoms with van der Waals surface area (Å²) >= 11 is 0. The Morgan fingerprint density at radius 3 is 1.15 bits per heavy atom. The number of carbonyl (C=O) groups excluding carboxylic acids is 1. The minimum Gasteiger partial charge on any atom is -0.479 e. The lowest BCUT2D eigenvalue weighted by Gasteiger charge is -2.11. The third-order valence-corrected chi connectivity index (χ3v) is 2.90. The van der Waals surface area contributed by atoms with Crippen LogP contribution < -0.4 is 9.47 Å². The van der Waals surface area contributed by atoms with Gasteiger partial charge in [-0.2, -0.15) is 17.6 Å². The van der Waals surface area contributed by atoms with E-state index in [9.17, 15) is 39.9 Å². The molecule has 2 aromatic rings. The molecule has 0 aromatic heterocycles. The predicted octanol–water partition coefficient (Wildman–Crippen LogP) is 3.83. The lowest BCUT2D eigenvalue weighted by Crippen LogP contribution is -2.21. The van der Waals surface area contributed by atoms with E-state index in [4.69, 9.17) is 0 Å². The number of halogens is 8. The number of benzene rings is 2. The zero-order chi connectivity index (χ0) is 19.6. The first-order valence-corrected chi connectivity index (χ1v) is 6.56. The van der Waals surface area contributed by atoms with Crippen LogP contribution in [0.2, 0.25) is 0 Å². The van der Waals surface area contributed by atoms with Gasteiger partial charge < -0.3 is 9.47 Å². The molecule has 26 heavy (non-hydrogen) atoms. The number of hydrogen-bond donors (Lipinski definition) is 0. The molecule has 0 aliphatic carbocycles. The van der Waals surface area contributed by atoms with Crippen molar-refractivity contribution in [3.05, 3.63) is 58.7 Å². The highest BCUT2D eigenvalue weighted by Gasteiger charge is 2.23. The van der Waals surface area contributed by atoms with Gasteiger partial charge in [0.2, 0.25) is 29.1 Å². The van der Waals surface area contributed by atoms with Crippen molar-refractivity contribution < 1.29 is 49.4 Å². The first-order chi connectivity index (χ1) is 12.1. The minimum absolute atomic E-state index is 0.0908. The van der Waals surface area contributed by atoms with E-state index in [2.05, 4.69) is 9.47 Å². The molecule has 0 bridgehead atoms. The largest absolute Gasteiger partial charge is 0.479 e. The van der Waals surface area contributed by atoms with Gasteiger partial charge in [0.05, 0.1) is 0 Å². The molecule has 0 fully saturated rings. The fourth-order valence-electron chi connectivity index (χ4n) is 1.70. The van der Waals surface area contributed by atoms with E-state index in [0.29, 0.717) is 0 Å². The molecule has 0 N–H and O–H groups in total. The highest BCUT2D eigenvalue weighted by molar-refractivity contribution is 5.81. The van der Waals surface area contributed by atoms with Crippen LogP contribution >= 0.6 is 0 Å². The highest BCUT2D eigenvalue weighted by atomic mass is 19.2. The van der Waals surface area contributed by atoms with Gasteiger partial charge in [-0.3, -0.25) is 4.79 Å². The third-order valence-electron chi connectivity index (χ3n) is 2.90. The summed E-state index contributed by atoms with van der Waals surface area (Å²) < 4.78 is 114. The van der Waals surface area contributed by atoms with E-state index >= 15 is 0 Å². The minimum atomic E-state index is -1.91. The van der Waals surface area contributed by atoms with Crippen LogP contribution in [0.1, 0.15) is 0 Å². The second-order valence-electron chi connectivity index (χ2n) is 4.71. The van der Waals surface area contributed by atoms with E-state index in [1.165, 1.54) is 0 Å². The van der Waals surface area contributed by atoms with Crippen LogP contribution in [-0.4, -0.2) is 19.0 Å². The molecule has 0 unspecified atom stereocenters. The Hall–Kier alpha value is -2.85. The van der Waals surface area contributed by atoms with Crippen molar-refractivity contribution in [3.63, 3.8) is 0 Å². The molecular formula is C15H6F8O3. The van der Waals surface area contributed by atoms with Crippen LogP contribution in [0.3, 0.4) is 0 Å². The van der Waals surface area contributed by atoms with Gasteiger partial charge in [0, 0.05) is 12.1 Å². The Morgan fingerprint density at radius 1 is 0.615 bits per heavy atom. The Labute approximate surface area is 139 Å². The van der Waals surface area contributed by atoms with Gasteiger partial charge in [-0.1, -0.05) is 0 Å². The molecule has 140 valence electrons. The van der Waals surface area contributed by atoms with Crippen LogP contribution in [-0.2, 0) is 4.79 Å². The molecule has 0 saturated carbocycles. The number of ketones is 1. The summed E-state index contributed by atoms with van der Waals surface area (Å²) in [5.74, 6) is -19.1. The first kappa shape index (κ1) is 19.5. The average Bonchev–Trinajstić information content (AvgIpc) is 2.58. The second kappa shape index (κ2) is 7.58. The normalized spacial score (nSPS) is 10.8. The average molecular weight is 386 g/mol. The molecule has 0 amide bonds. The van der Waals surface area contributed by atoms with Crippen molar-refractivity contribution >= 4 is 5.78 Å². The highest BCUT2D eigenvalue weighted by Crippen LogP contribution is 2.27. The van der Waals surface area contributed by atoms with E-state index in [1.807, 2.05) is 0 Å². The maximum absolute atomic E-state index is 13.3. The van der Waals surface area contributed by atoms with Crippen LogP contribution in [0, 0.1) is 46.5 Å². The van der Waals surface area contributed by atoms with Crippen molar-refractivity contribution in [1.29, 1.82) is 0 Å². The zero-order valence-electron chi connectivity index (χ0n) is 12.3. The number of rotatable bonds is 6. The molecule has 0 spiro atoms. The van der Waals surface area contributed by atoms with Crippen molar-refractivity contribution in [1.82, 2.24) is 0 Å². The summed E-state index contributed by atoms with van der Waals surface area (Å²) in [6.45, 7) is -2.45. The van der Waals surface area contributed by atoms with E-state index in [-0.39, 0.29) is 12.1 Å². The fraction of sp³-hybridized carbons (Fsp3) is 0.133. The quantitative estimate of drug-likeness (QED) is 0.559. The maximum atomic E-state index is 13.3. The topological polar surface area (TPSA) is 35.5 Å². The van der Waals surface area contributed by atoms with Crippen molar-refractivity contribution in [2.75, 3.05) is 13.2 Å². The molecule has 11 heteroatoms. The zero-order valence-corrected chi connectivity index (χ0v) is 12.3. The Morgan fingerprint density at radius 2 is 0.885 bits per heavy atom. The van der Waals surface area contributed by atoms with Crippen LogP contribution in [0.15, 0.2) is 12.1 Å². The van der Waals surface area contributed by atoms with E-state index in [0.717, 1.165) is 0 Å². The van der Waals surface area contributed by atoms with Gasteiger partial charge in [-0.25, -0.2) is 17.6 Å². The Balaban J connectivity index is 2.06. The number of hydrogen-bond acceptors (Lipinski definition) is 3. The lowest BCUT2D eigenvalue weighted by molar-refractivity contribution is -0.123. The standard InChI is InChI=1S/C15H6F8O3/c16-6-1-7(17)11(21)14(10(6)20)25-3-5(24)4-26-15-12(22)8(18)2-9(19)13(15)23/h1-2H,3-4H2. The summed E-state index contributed by atoms with van der Waals surface area (Å²) in [6.07, 6.45) is 0. The predicted molar refractivity (Wildman–Crippen MR) is 68.5 cm³/mol. The summed E-state index contributed by atoms with van der Waals surface area (Å²) in [7, 11) is 0. The molecule has 0 radical (unpaired) electrons. The number of ether oxygens (including phenoxy) is 2. The van der Waals surface area contributed by atoms with Gasteiger partial charge in [0.25, 0.3) is 0 Å². The maximum Gasteiger partial charge on any atom is 0.207 e. The first-order valence-electron chi connectivity index (χ1n) is 6.56. The SMILES string of the molecule is O=C(COc1c(F)c(F)cc(F)c1F)COc1c(F)c(F)cc(F)c1F. The Bertz CT molecular complexity index is 747. The fourth-order valence-corrected chi connectivity index (χ4v) is 1.70. The second-order valence-corrected chi connectivity index (χ2v) is 4.71. The third kappa shape index (κ3) is 3.86. The van der Waals surface area contributed by atoms with Gasteiger partial charge in [-0.15, -0.1) is 0 Å². The summed E-state index contributed by atoms with van der Waals surface area (Å²) in [5.41, 5.74) is 0. The van der Waals surface area contributed by atoms with Crippen molar-refractivity contribution in [3.8, 4) is 11.5 Å². The van der Waals surface area contributed by atoms with Crippen LogP contribution in [0.4, 0.5) is 35.1 Å². The summed E-state index contributed by atoms with van der Waals surface area (Å²) in [4.78, 5) is 11.5. The molecule has 0 atom stereocenters. The van der Waals surface area contributed by atoms with Crippen molar-refractivity contribution in [2.24, 2.45) is 0 Å². The molecule has 3 nitrogen and oxygen atoms in total. The van der Waals surface area contributed by atoms with E-state index in [1.54, 1.807) is 0 Å². The molecule has 0 aliphatic heterocycles. The smallest absolute Gasteiger partial charge is 0.207 e. The lowest BCUT2D eigenvalue weighted by atomic mass is 10.3. The molecular weight excluding hydrogens is 380 g/mol. The molecule has 2 rings (SSSR count). The number of carbonyl (C=O) groups is 1. The molecule has 2 aromatic carbocycles. The summed E-state index contributed by atoms with van der Waals surface area (Å²) in [5, 5.41) is 0. The van der Waals surface area contributed by atoms with Gasteiger partial charge in [-0.05, 0) is 0 Å². The van der Waals surface area contributed by atoms with Crippen LogP contribution in [0.25, 0.3) is 0 Å². The Kier molecular flexibility index (Phi) is 5.68. The molecule has 0 aliphatic rings. The van der Waals surface area contributed by atoms with Crippen molar-refractivity contribution in [2.45, 2.75) is 0 Å². The van der Waals surface area contributed by atoms with E-state index < -0.39 is 77.0 Å². The molecule has 0 saturated heterocycles. The van der Waals surface area contributed by atoms with Gasteiger partial charge in [0.15, 0.2) is 48.0 Å². The van der Waals surface area contributed by atoms with Gasteiger partial charge >= 0.3 is 0 Å². The number of Topliss-reactive ketones (excluding diaryl/α,β-unsaturated/α-hetero) is 1. The summed E-state index contributed by atoms with van der Waals surface area (Å²) in [6, 6.07) is -0.182. The van der Waals surface area contributed by atoms with Crippen LogP contribution in [0.5, 0.6) is 11.5 Å². The monoisotopic (exact) mass is 386 g/mol.